The van der Waals surface area contributed by atoms with Crippen LogP contribution in [-0.4, -0.2) is 23.4 Å². The van der Waals surface area contributed by atoms with Crippen molar-refractivity contribution < 1.29 is 9.72 Å². The van der Waals surface area contributed by atoms with E-state index in [0.717, 1.165) is 25.8 Å². The third-order valence-electron chi connectivity index (χ3n) is 3.37. The Kier molecular flexibility index (Phi) is 4.72. The Bertz CT molecular complexity index is 542. The van der Waals surface area contributed by atoms with Crippen LogP contribution in [0.15, 0.2) is 16.6 Å². The van der Waals surface area contributed by atoms with Crippen LogP contribution in [0.1, 0.15) is 24.8 Å². The summed E-state index contributed by atoms with van der Waals surface area (Å²) in [5.41, 5.74) is 0.982. The number of anilines is 1. The van der Waals surface area contributed by atoms with Crippen molar-refractivity contribution in [2.75, 3.05) is 11.9 Å². The molecule has 2 N–H and O–H groups in total. The minimum Gasteiger partial charge on any atom is -0.323 e. The lowest BCUT2D eigenvalue weighted by atomic mass is 10.0. The Morgan fingerprint density at radius 3 is 2.85 bits per heavy atom. The maximum atomic E-state index is 12.1. The van der Waals surface area contributed by atoms with Crippen molar-refractivity contribution in [1.82, 2.24) is 5.32 Å². The predicted octanol–water partition coefficient (Wildman–Crippen LogP) is 2.75. The van der Waals surface area contributed by atoms with Gasteiger partial charge < -0.3 is 10.6 Å². The molecule has 1 aliphatic heterocycles. The summed E-state index contributed by atoms with van der Waals surface area (Å²) >= 11 is 3.33. The van der Waals surface area contributed by atoms with Gasteiger partial charge in [-0.25, -0.2) is 0 Å². The van der Waals surface area contributed by atoms with Gasteiger partial charge in [-0.15, -0.1) is 0 Å². The number of nitrogens with one attached hydrogen (secondary N) is 2. The number of hydrogen-bond acceptors (Lipinski definition) is 4. The first-order chi connectivity index (χ1) is 9.49. The molecule has 1 fully saturated rings. The predicted molar refractivity (Wildman–Crippen MR) is 79.8 cm³/mol. The molecule has 1 saturated heterocycles. The number of benzene rings is 1. The molecule has 2 rings (SSSR count). The Morgan fingerprint density at radius 2 is 2.25 bits per heavy atom. The Morgan fingerprint density at radius 1 is 1.50 bits per heavy atom. The molecule has 7 heteroatoms. The van der Waals surface area contributed by atoms with Crippen molar-refractivity contribution >= 4 is 33.2 Å². The molecule has 0 saturated carbocycles. The highest BCUT2D eigenvalue weighted by atomic mass is 79.9. The second-order valence-electron chi connectivity index (χ2n) is 4.87. The zero-order valence-electron chi connectivity index (χ0n) is 11.1. The van der Waals surface area contributed by atoms with Crippen LogP contribution in [0.4, 0.5) is 11.4 Å². The van der Waals surface area contributed by atoms with Gasteiger partial charge in [0.2, 0.25) is 5.91 Å². The number of rotatable bonds is 3. The van der Waals surface area contributed by atoms with E-state index in [-0.39, 0.29) is 17.6 Å². The molecule has 1 aromatic carbocycles. The number of nitrogens with zero attached hydrogens (tertiary/aromatic N) is 1. The summed E-state index contributed by atoms with van der Waals surface area (Å²) in [5.74, 6) is -0.149. The monoisotopic (exact) mass is 341 g/mol. The van der Waals surface area contributed by atoms with Gasteiger partial charge in [-0.3, -0.25) is 14.9 Å². The number of piperidine rings is 1. The highest BCUT2D eigenvalue weighted by Crippen LogP contribution is 2.30. The van der Waals surface area contributed by atoms with Crippen LogP contribution < -0.4 is 10.6 Å². The quantitative estimate of drug-likeness (QED) is 0.653. The Hall–Kier alpha value is -1.47. The van der Waals surface area contributed by atoms with Gasteiger partial charge in [0.05, 0.1) is 16.7 Å². The number of halogens is 1. The first-order valence-corrected chi connectivity index (χ1v) is 7.27. The molecule has 1 aliphatic rings. The van der Waals surface area contributed by atoms with Crippen molar-refractivity contribution in [3.63, 3.8) is 0 Å². The van der Waals surface area contributed by atoms with Crippen LogP contribution in [0.3, 0.4) is 0 Å². The van der Waals surface area contributed by atoms with Gasteiger partial charge in [-0.05, 0) is 48.3 Å². The average Bonchev–Trinajstić information content (AvgIpc) is 2.42. The number of hydrogen-bond donors (Lipinski definition) is 2. The van der Waals surface area contributed by atoms with E-state index < -0.39 is 4.92 Å². The first kappa shape index (κ1) is 14.9. The summed E-state index contributed by atoms with van der Waals surface area (Å²) < 4.78 is 0.643. The van der Waals surface area contributed by atoms with Crippen LogP contribution in [0, 0.1) is 17.0 Å². The number of nitro groups is 1. The molecule has 1 amide bonds. The van der Waals surface area contributed by atoms with E-state index in [9.17, 15) is 14.9 Å². The largest absolute Gasteiger partial charge is 0.323 e. The Labute approximate surface area is 125 Å². The minimum atomic E-state index is -0.448. The number of amides is 1. The van der Waals surface area contributed by atoms with Gasteiger partial charge in [0.25, 0.3) is 5.69 Å². The second-order valence-corrected chi connectivity index (χ2v) is 5.72. The zero-order valence-corrected chi connectivity index (χ0v) is 12.7. The molecule has 0 aliphatic carbocycles. The SMILES string of the molecule is Cc1cc(Br)c(NC(=O)[C@@H]2CCCCN2)cc1[N+](=O)[O-]. The molecule has 108 valence electrons. The molecule has 0 radical (unpaired) electrons. The van der Waals surface area contributed by atoms with Crippen LogP contribution in [0.2, 0.25) is 0 Å². The number of carbonyl (C=O) groups excluding carboxylic acids is 1. The van der Waals surface area contributed by atoms with E-state index in [1.807, 2.05) is 0 Å². The van der Waals surface area contributed by atoms with Crippen LogP contribution in [0.5, 0.6) is 0 Å². The Balaban J connectivity index is 2.18. The molecule has 1 atom stereocenters. The summed E-state index contributed by atoms with van der Waals surface area (Å²) in [6.07, 6.45) is 2.88. The van der Waals surface area contributed by atoms with Crippen LogP contribution in [0.25, 0.3) is 0 Å². The molecular weight excluding hydrogens is 326 g/mol. The molecule has 0 unspecified atom stereocenters. The maximum absolute atomic E-state index is 12.1. The van der Waals surface area contributed by atoms with E-state index in [2.05, 4.69) is 26.6 Å². The fourth-order valence-corrected chi connectivity index (χ4v) is 2.81. The average molecular weight is 342 g/mol. The lowest BCUT2D eigenvalue weighted by molar-refractivity contribution is -0.385. The van der Waals surface area contributed by atoms with Gasteiger partial charge in [0.15, 0.2) is 0 Å². The van der Waals surface area contributed by atoms with E-state index in [1.165, 1.54) is 6.07 Å². The lowest BCUT2D eigenvalue weighted by Crippen LogP contribution is -2.43. The van der Waals surface area contributed by atoms with Gasteiger partial charge in [-0.2, -0.15) is 0 Å². The normalized spacial score (nSPS) is 18.6. The number of aryl methyl sites for hydroxylation is 1. The molecule has 0 bridgehead atoms. The van der Waals surface area contributed by atoms with Crippen molar-refractivity contribution in [3.05, 3.63) is 32.3 Å². The third-order valence-corrected chi connectivity index (χ3v) is 4.02. The zero-order chi connectivity index (χ0) is 14.7. The summed E-state index contributed by atoms with van der Waals surface area (Å²) in [5, 5.41) is 16.8. The van der Waals surface area contributed by atoms with Crippen molar-refractivity contribution in [3.8, 4) is 0 Å². The van der Waals surface area contributed by atoms with Crippen LogP contribution in [-0.2, 0) is 4.79 Å². The third kappa shape index (κ3) is 3.34. The van der Waals surface area contributed by atoms with Gasteiger partial charge >= 0.3 is 0 Å². The van der Waals surface area contributed by atoms with Gasteiger partial charge in [0, 0.05) is 16.1 Å². The van der Waals surface area contributed by atoms with Crippen LogP contribution >= 0.6 is 15.9 Å². The summed E-state index contributed by atoms with van der Waals surface area (Å²) in [6, 6.07) is 2.80. The smallest absolute Gasteiger partial charge is 0.274 e. The summed E-state index contributed by atoms with van der Waals surface area (Å²) in [6.45, 7) is 2.49. The first-order valence-electron chi connectivity index (χ1n) is 6.48. The maximum Gasteiger partial charge on any atom is 0.274 e. The molecule has 6 nitrogen and oxygen atoms in total. The molecule has 20 heavy (non-hydrogen) atoms. The molecule has 1 heterocycles. The van der Waals surface area contributed by atoms with Crippen molar-refractivity contribution in [1.29, 1.82) is 0 Å². The molecule has 1 aromatic rings. The number of carbonyl (C=O) groups is 1. The lowest BCUT2D eigenvalue weighted by Gasteiger charge is -2.22. The van der Waals surface area contributed by atoms with Crippen molar-refractivity contribution in [2.24, 2.45) is 0 Å². The molecular formula is C13H16BrN3O3. The minimum absolute atomic E-state index is 0.0000957. The highest BCUT2D eigenvalue weighted by molar-refractivity contribution is 9.10. The standard InChI is InChI=1S/C13H16BrN3O3/c1-8-6-9(14)11(7-12(8)17(19)20)16-13(18)10-4-2-3-5-15-10/h6-7,10,15H,2-5H2,1H3,(H,16,18)/t10-/m0/s1. The fourth-order valence-electron chi connectivity index (χ4n) is 2.25. The van der Waals surface area contributed by atoms with Crippen molar-refractivity contribution in [2.45, 2.75) is 32.2 Å². The second kappa shape index (κ2) is 6.32. The highest BCUT2D eigenvalue weighted by Gasteiger charge is 2.22. The van der Waals surface area contributed by atoms with Gasteiger partial charge in [0.1, 0.15) is 0 Å². The summed E-state index contributed by atoms with van der Waals surface area (Å²) in [7, 11) is 0. The number of nitro benzene ring substituents is 1. The topological polar surface area (TPSA) is 84.3 Å². The molecule has 0 spiro atoms. The fraction of sp³-hybridized carbons (Fsp3) is 0.462. The van der Waals surface area contributed by atoms with E-state index in [0.29, 0.717) is 15.7 Å². The van der Waals surface area contributed by atoms with E-state index in [4.69, 9.17) is 0 Å². The molecule has 0 aromatic heterocycles. The summed E-state index contributed by atoms with van der Waals surface area (Å²) in [4.78, 5) is 22.6. The van der Waals surface area contributed by atoms with E-state index >= 15 is 0 Å². The van der Waals surface area contributed by atoms with E-state index in [1.54, 1.807) is 13.0 Å². The van der Waals surface area contributed by atoms with Gasteiger partial charge in [-0.1, -0.05) is 6.42 Å².